The van der Waals surface area contributed by atoms with E-state index in [1.165, 1.54) is 51.9 Å². The fourth-order valence-electron chi connectivity index (χ4n) is 3.31. The molecule has 100 valence electrons. The Kier molecular flexibility index (Phi) is 4.83. The molecule has 0 aromatic rings. The minimum Gasteiger partial charge on any atom is -0.315 e. The zero-order chi connectivity index (χ0) is 12.3. The number of hydrogen-bond donors (Lipinski definition) is 1. The first kappa shape index (κ1) is 13.3. The van der Waals surface area contributed by atoms with Gasteiger partial charge in [-0.2, -0.15) is 0 Å². The second-order valence-corrected chi connectivity index (χ2v) is 6.03. The largest absolute Gasteiger partial charge is 0.315 e. The average Bonchev–Trinajstić information content (AvgIpc) is 2.71. The fourth-order valence-corrected chi connectivity index (χ4v) is 3.31. The van der Waals surface area contributed by atoms with Crippen LogP contribution in [0, 0.1) is 0 Å². The summed E-state index contributed by atoms with van der Waals surface area (Å²) in [5.41, 5.74) is 0. The molecule has 2 aliphatic rings. The van der Waals surface area contributed by atoms with Gasteiger partial charge in [0.05, 0.1) is 0 Å². The van der Waals surface area contributed by atoms with Gasteiger partial charge in [-0.05, 0) is 66.2 Å². The van der Waals surface area contributed by atoms with E-state index in [0.29, 0.717) is 6.04 Å². The Morgan fingerprint density at radius 1 is 1.12 bits per heavy atom. The summed E-state index contributed by atoms with van der Waals surface area (Å²) < 4.78 is 0. The predicted molar refractivity (Wildman–Crippen MR) is 73.4 cm³/mol. The Bertz CT molecular complexity index is 224. The van der Waals surface area contributed by atoms with Crippen molar-refractivity contribution in [2.45, 2.75) is 57.7 Å². The zero-order valence-electron chi connectivity index (χ0n) is 11.8. The highest BCUT2D eigenvalue weighted by Crippen LogP contribution is 2.20. The zero-order valence-corrected chi connectivity index (χ0v) is 11.8. The summed E-state index contributed by atoms with van der Waals surface area (Å²) in [5, 5.41) is 3.48. The SMILES string of the molecule is CC(C)N1CCCC(N(C)C2CCNC2)CC1. The highest BCUT2D eigenvalue weighted by atomic mass is 15.2. The molecule has 0 amide bonds. The Labute approximate surface area is 107 Å². The maximum Gasteiger partial charge on any atom is 0.0232 e. The van der Waals surface area contributed by atoms with Crippen molar-refractivity contribution < 1.29 is 0 Å². The van der Waals surface area contributed by atoms with Gasteiger partial charge in [0, 0.05) is 24.7 Å². The van der Waals surface area contributed by atoms with Crippen molar-refractivity contribution in [2.24, 2.45) is 0 Å². The molecule has 2 heterocycles. The van der Waals surface area contributed by atoms with Crippen molar-refractivity contribution in [1.82, 2.24) is 15.1 Å². The van der Waals surface area contributed by atoms with Gasteiger partial charge in [0.15, 0.2) is 0 Å². The van der Waals surface area contributed by atoms with E-state index in [9.17, 15) is 0 Å². The summed E-state index contributed by atoms with van der Waals surface area (Å²) in [6.07, 6.45) is 5.44. The maximum atomic E-state index is 3.48. The predicted octanol–water partition coefficient (Wildman–Crippen LogP) is 1.54. The number of nitrogens with one attached hydrogen (secondary N) is 1. The number of likely N-dealkylation sites (N-methyl/N-ethyl adjacent to an activating group) is 1. The molecule has 3 nitrogen and oxygen atoms in total. The molecule has 0 bridgehead atoms. The summed E-state index contributed by atoms with van der Waals surface area (Å²) in [7, 11) is 2.34. The number of likely N-dealkylation sites (tertiary alicyclic amines) is 1. The molecule has 0 aromatic carbocycles. The maximum absolute atomic E-state index is 3.48. The number of hydrogen-bond acceptors (Lipinski definition) is 3. The molecule has 2 saturated heterocycles. The van der Waals surface area contributed by atoms with Gasteiger partial charge >= 0.3 is 0 Å². The molecular weight excluding hydrogens is 210 g/mol. The van der Waals surface area contributed by atoms with Gasteiger partial charge in [0.1, 0.15) is 0 Å². The molecule has 0 radical (unpaired) electrons. The summed E-state index contributed by atoms with van der Waals surface area (Å²) in [4.78, 5) is 5.30. The van der Waals surface area contributed by atoms with Crippen LogP contribution in [0.2, 0.25) is 0 Å². The second kappa shape index (κ2) is 6.17. The molecule has 2 rings (SSSR count). The van der Waals surface area contributed by atoms with Crippen LogP contribution in [-0.4, -0.2) is 61.2 Å². The molecule has 0 spiro atoms. The highest BCUT2D eigenvalue weighted by Gasteiger charge is 2.27. The summed E-state index contributed by atoms with van der Waals surface area (Å²) in [6.45, 7) is 9.63. The van der Waals surface area contributed by atoms with Gasteiger partial charge in [-0.1, -0.05) is 0 Å². The third kappa shape index (κ3) is 3.43. The molecule has 2 atom stereocenters. The molecule has 2 unspecified atom stereocenters. The Hall–Kier alpha value is -0.120. The molecule has 17 heavy (non-hydrogen) atoms. The Morgan fingerprint density at radius 3 is 2.59 bits per heavy atom. The quantitative estimate of drug-likeness (QED) is 0.806. The van der Waals surface area contributed by atoms with E-state index in [1.54, 1.807) is 0 Å². The van der Waals surface area contributed by atoms with Crippen LogP contribution < -0.4 is 5.32 Å². The third-order valence-corrected chi connectivity index (χ3v) is 4.65. The van der Waals surface area contributed by atoms with E-state index in [1.807, 2.05) is 0 Å². The second-order valence-electron chi connectivity index (χ2n) is 6.03. The van der Waals surface area contributed by atoms with Crippen LogP contribution in [-0.2, 0) is 0 Å². The minimum absolute atomic E-state index is 0.715. The van der Waals surface area contributed by atoms with Gasteiger partial charge in [0.25, 0.3) is 0 Å². The van der Waals surface area contributed by atoms with E-state index < -0.39 is 0 Å². The summed E-state index contributed by atoms with van der Waals surface area (Å²) in [6, 6.07) is 2.31. The first-order chi connectivity index (χ1) is 8.18. The first-order valence-corrected chi connectivity index (χ1v) is 7.35. The van der Waals surface area contributed by atoms with Crippen molar-refractivity contribution in [3.05, 3.63) is 0 Å². The standard InChI is InChI=1S/C14H29N3/c1-12(2)17-9-4-5-13(7-10-17)16(3)14-6-8-15-11-14/h12-15H,4-11H2,1-3H3. The average molecular weight is 239 g/mol. The van der Waals surface area contributed by atoms with E-state index >= 15 is 0 Å². The minimum atomic E-state index is 0.715. The number of nitrogens with zero attached hydrogens (tertiary/aromatic N) is 2. The van der Waals surface area contributed by atoms with Crippen LogP contribution in [0.15, 0.2) is 0 Å². The van der Waals surface area contributed by atoms with Crippen molar-refractivity contribution in [3.63, 3.8) is 0 Å². The molecule has 0 aromatic heterocycles. The molecule has 0 aliphatic carbocycles. The van der Waals surface area contributed by atoms with Crippen LogP contribution in [0.5, 0.6) is 0 Å². The van der Waals surface area contributed by atoms with E-state index in [0.717, 1.165) is 12.1 Å². The van der Waals surface area contributed by atoms with Crippen LogP contribution in [0.3, 0.4) is 0 Å². The first-order valence-electron chi connectivity index (χ1n) is 7.35. The Balaban J connectivity index is 1.85. The van der Waals surface area contributed by atoms with E-state index in [4.69, 9.17) is 0 Å². The molecule has 1 N–H and O–H groups in total. The van der Waals surface area contributed by atoms with Gasteiger partial charge in [0.2, 0.25) is 0 Å². The van der Waals surface area contributed by atoms with Crippen LogP contribution in [0.25, 0.3) is 0 Å². The van der Waals surface area contributed by atoms with Gasteiger partial charge in [-0.25, -0.2) is 0 Å². The van der Waals surface area contributed by atoms with Gasteiger partial charge in [-0.15, -0.1) is 0 Å². The normalized spacial score (nSPS) is 32.3. The summed E-state index contributed by atoms with van der Waals surface area (Å²) in [5.74, 6) is 0. The fraction of sp³-hybridized carbons (Fsp3) is 1.00. The number of rotatable bonds is 3. The molecule has 3 heteroatoms. The van der Waals surface area contributed by atoms with E-state index in [-0.39, 0.29) is 0 Å². The van der Waals surface area contributed by atoms with Crippen molar-refractivity contribution >= 4 is 0 Å². The molecular formula is C14H29N3. The monoisotopic (exact) mass is 239 g/mol. The lowest BCUT2D eigenvalue weighted by Gasteiger charge is -2.32. The lowest BCUT2D eigenvalue weighted by molar-refractivity contribution is 0.162. The van der Waals surface area contributed by atoms with Crippen molar-refractivity contribution in [1.29, 1.82) is 0 Å². The molecule has 0 saturated carbocycles. The topological polar surface area (TPSA) is 18.5 Å². The lowest BCUT2D eigenvalue weighted by atomic mass is 10.1. The highest BCUT2D eigenvalue weighted by molar-refractivity contribution is 4.85. The third-order valence-electron chi connectivity index (χ3n) is 4.65. The smallest absolute Gasteiger partial charge is 0.0232 e. The van der Waals surface area contributed by atoms with Gasteiger partial charge in [-0.3, -0.25) is 4.90 Å². The van der Waals surface area contributed by atoms with Crippen molar-refractivity contribution in [3.8, 4) is 0 Å². The Morgan fingerprint density at radius 2 is 1.94 bits per heavy atom. The van der Waals surface area contributed by atoms with Crippen LogP contribution >= 0.6 is 0 Å². The summed E-state index contributed by atoms with van der Waals surface area (Å²) >= 11 is 0. The van der Waals surface area contributed by atoms with Crippen LogP contribution in [0.4, 0.5) is 0 Å². The van der Waals surface area contributed by atoms with E-state index in [2.05, 4.69) is 36.0 Å². The van der Waals surface area contributed by atoms with Crippen LogP contribution in [0.1, 0.15) is 39.5 Å². The lowest BCUT2D eigenvalue weighted by Crippen LogP contribution is -2.42. The van der Waals surface area contributed by atoms with Gasteiger partial charge < -0.3 is 10.2 Å². The van der Waals surface area contributed by atoms with Crippen molar-refractivity contribution in [2.75, 3.05) is 33.2 Å². The molecule has 2 aliphatic heterocycles. The molecule has 2 fully saturated rings.